The Morgan fingerprint density at radius 2 is 1.92 bits per heavy atom. The predicted molar refractivity (Wildman–Crippen MR) is 94.7 cm³/mol. The van der Waals surface area contributed by atoms with E-state index in [-0.39, 0.29) is 11.7 Å². The first kappa shape index (κ1) is 18.0. The summed E-state index contributed by atoms with van der Waals surface area (Å²) in [7, 11) is 1.72. The first-order chi connectivity index (χ1) is 11.7. The van der Waals surface area contributed by atoms with Crippen molar-refractivity contribution in [2.75, 3.05) is 13.7 Å². The Labute approximate surface area is 143 Å². The molecular formula is C20H24O4. The summed E-state index contributed by atoms with van der Waals surface area (Å²) in [6.07, 6.45) is 3.00. The molecule has 0 aliphatic heterocycles. The van der Waals surface area contributed by atoms with Gasteiger partial charge >= 0.3 is 5.97 Å². The van der Waals surface area contributed by atoms with Crippen molar-refractivity contribution in [2.45, 2.75) is 32.3 Å². The van der Waals surface area contributed by atoms with E-state index in [1.807, 2.05) is 30.3 Å². The van der Waals surface area contributed by atoms with Crippen molar-refractivity contribution in [3.8, 4) is 16.9 Å². The number of ether oxygens (including phenoxy) is 2. The highest BCUT2D eigenvalue weighted by Gasteiger charge is 2.12. The third-order valence-corrected chi connectivity index (χ3v) is 4.03. The van der Waals surface area contributed by atoms with Gasteiger partial charge in [0.2, 0.25) is 0 Å². The van der Waals surface area contributed by atoms with Crippen LogP contribution in [0.3, 0.4) is 0 Å². The molecule has 1 N–H and O–H groups in total. The van der Waals surface area contributed by atoms with Crippen LogP contribution in [-0.4, -0.2) is 30.9 Å². The molecule has 4 nitrogen and oxygen atoms in total. The summed E-state index contributed by atoms with van der Waals surface area (Å²) in [4.78, 5) is 11.2. The van der Waals surface area contributed by atoms with Crippen LogP contribution in [0.2, 0.25) is 0 Å². The first-order valence-electron chi connectivity index (χ1n) is 8.24. The maximum absolute atomic E-state index is 11.2. The monoisotopic (exact) mass is 328 g/mol. The van der Waals surface area contributed by atoms with Crippen LogP contribution in [0.15, 0.2) is 48.5 Å². The lowest BCUT2D eigenvalue weighted by Gasteiger charge is -2.15. The lowest BCUT2D eigenvalue weighted by atomic mass is 10.0. The van der Waals surface area contributed by atoms with Crippen LogP contribution in [0, 0.1) is 0 Å². The third kappa shape index (κ3) is 4.83. The van der Waals surface area contributed by atoms with Gasteiger partial charge in [0.05, 0.1) is 18.3 Å². The van der Waals surface area contributed by atoms with Crippen molar-refractivity contribution >= 4 is 5.97 Å². The van der Waals surface area contributed by atoms with Crippen LogP contribution in [0.4, 0.5) is 0 Å². The number of aromatic carboxylic acids is 1. The van der Waals surface area contributed by atoms with Gasteiger partial charge in [-0.15, -0.1) is 0 Å². The molecule has 0 aromatic heterocycles. The zero-order valence-corrected chi connectivity index (χ0v) is 14.2. The van der Waals surface area contributed by atoms with Gasteiger partial charge in [0.1, 0.15) is 5.75 Å². The van der Waals surface area contributed by atoms with E-state index in [0.29, 0.717) is 12.4 Å². The summed E-state index contributed by atoms with van der Waals surface area (Å²) in [5, 5.41) is 9.21. The second kappa shape index (κ2) is 9.08. The second-order valence-corrected chi connectivity index (χ2v) is 5.64. The summed E-state index contributed by atoms with van der Waals surface area (Å²) in [6, 6.07) is 14.8. The number of benzene rings is 2. The molecule has 0 spiro atoms. The Balaban J connectivity index is 2.13. The highest BCUT2D eigenvalue weighted by Crippen LogP contribution is 2.31. The molecule has 0 aliphatic rings. The van der Waals surface area contributed by atoms with Crippen molar-refractivity contribution in [3.05, 3.63) is 54.1 Å². The van der Waals surface area contributed by atoms with Gasteiger partial charge in [-0.05, 0) is 43.0 Å². The van der Waals surface area contributed by atoms with E-state index >= 15 is 0 Å². The summed E-state index contributed by atoms with van der Waals surface area (Å²) in [5.74, 6) is -0.351. The molecule has 2 aromatic carbocycles. The van der Waals surface area contributed by atoms with Crippen molar-refractivity contribution in [2.24, 2.45) is 0 Å². The normalized spacial score (nSPS) is 11.9. The predicted octanol–water partition coefficient (Wildman–Crippen LogP) is 4.64. The summed E-state index contributed by atoms with van der Waals surface area (Å²) in [5.41, 5.74) is 2.14. The van der Waals surface area contributed by atoms with Crippen molar-refractivity contribution in [1.29, 1.82) is 0 Å². The zero-order chi connectivity index (χ0) is 17.4. The van der Waals surface area contributed by atoms with E-state index in [0.717, 1.165) is 30.4 Å². The lowest BCUT2D eigenvalue weighted by Crippen LogP contribution is -2.11. The minimum atomic E-state index is -0.954. The number of methoxy groups -OCH3 is 1. The summed E-state index contributed by atoms with van der Waals surface area (Å²) >= 11 is 0. The molecule has 2 aromatic rings. The Morgan fingerprint density at radius 1 is 1.17 bits per heavy atom. The SMILES string of the molecule is CCC(CCCOc1cc(C(=O)O)ccc1-c1ccccc1)OC. The molecular weight excluding hydrogens is 304 g/mol. The largest absolute Gasteiger partial charge is 0.493 e. The van der Waals surface area contributed by atoms with Gasteiger partial charge in [-0.1, -0.05) is 37.3 Å². The molecule has 0 fully saturated rings. The molecule has 0 saturated carbocycles. The minimum Gasteiger partial charge on any atom is -0.493 e. The number of hydrogen-bond donors (Lipinski definition) is 1. The molecule has 0 heterocycles. The van der Waals surface area contributed by atoms with E-state index in [1.54, 1.807) is 25.3 Å². The summed E-state index contributed by atoms with van der Waals surface area (Å²) in [6.45, 7) is 2.63. The zero-order valence-electron chi connectivity index (χ0n) is 14.2. The Kier molecular flexibility index (Phi) is 6.82. The van der Waals surface area contributed by atoms with Crippen molar-refractivity contribution in [1.82, 2.24) is 0 Å². The van der Waals surface area contributed by atoms with E-state index in [2.05, 4.69) is 6.92 Å². The van der Waals surface area contributed by atoms with Gasteiger partial charge in [0, 0.05) is 12.7 Å². The Bertz CT molecular complexity index is 648. The molecule has 0 aliphatic carbocycles. The maximum Gasteiger partial charge on any atom is 0.335 e. The maximum atomic E-state index is 11.2. The van der Waals surface area contributed by atoms with Crippen LogP contribution in [-0.2, 0) is 4.74 Å². The molecule has 4 heteroatoms. The van der Waals surface area contributed by atoms with Crippen LogP contribution >= 0.6 is 0 Å². The fourth-order valence-electron chi connectivity index (χ4n) is 2.61. The minimum absolute atomic E-state index is 0.230. The van der Waals surface area contributed by atoms with E-state index in [1.165, 1.54) is 0 Å². The third-order valence-electron chi connectivity index (χ3n) is 4.03. The highest BCUT2D eigenvalue weighted by atomic mass is 16.5. The average Bonchev–Trinajstić information content (AvgIpc) is 2.62. The van der Waals surface area contributed by atoms with Crippen molar-refractivity contribution < 1.29 is 19.4 Å². The Morgan fingerprint density at radius 3 is 2.54 bits per heavy atom. The van der Waals surface area contributed by atoms with Crippen LogP contribution in [0.1, 0.15) is 36.5 Å². The molecule has 1 unspecified atom stereocenters. The molecule has 1 atom stereocenters. The van der Waals surface area contributed by atoms with E-state index < -0.39 is 5.97 Å². The van der Waals surface area contributed by atoms with Gasteiger partial charge in [-0.3, -0.25) is 0 Å². The average molecular weight is 328 g/mol. The molecule has 0 saturated heterocycles. The molecule has 2 rings (SSSR count). The Hall–Kier alpha value is -2.33. The van der Waals surface area contributed by atoms with Crippen molar-refractivity contribution in [3.63, 3.8) is 0 Å². The van der Waals surface area contributed by atoms with Gasteiger partial charge in [-0.25, -0.2) is 4.79 Å². The topological polar surface area (TPSA) is 55.8 Å². The van der Waals surface area contributed by atoms with E-state index in [9.17, 15) is 9.90 Å². The molecule has 128 valence electrons. The van der Waals surface area contributed by atoms with Gasteiger partial charge in [-0.2, -0.15) is 0 Å². The quantitative estimate of drug-likeness (QED) is 0.682. The molecule has 0 radical (unpaired) electrons. The summed E-state index contributed by atoms with van der Waals surface area (Å²) < 4.78 is 11.3. The fraction of sp³-hybridized carbons (Fsp3) is 0.350. The van der Waals surface area contributed by atoms with Crippen LogP contribution < -0.4 is 4.74 Å². The molecule has 24 heavy (non-hydrogen) atoms. The molecule has 0 bridgehead atoms. The standard InChI is InChI=1S/C20H24O4/c1-3-17(23-2)10-7-13-24-19-14-16(20(21)22)11-12-18(19)15-8-5-4-6-9-15/h4-6,8-9,11-12,14,17H,3,7,10,13H2,1-2H3,(H,21,22). The van der Waals surface area contributed by atoms with E-state index in [4.69, 9.17) is 9.47 Å². The van der Waals surface area contributed by atoms with Gasteiger partial charge < -0.3 is 14.6 Å². The highest BCUT2D eigenvalue weighted by molar-refractivity contribution is 5.89. The van der Waals surface area contributed by atoms with Crippen LogP contribution in [0.25, 0.3) is 11.1 Å². The number of carboxylic acid groups (broad SMARTS) is 1. The van der Waals surface area contributed by atoms with Gasteiger partial charge in [0.25, 0.3) is 0 Å². The number of carboxylic acids is 1. The number of rotatable bonds is 9. The number of carbonyl (C=O) groups is 1. The first-order valence-corrected chi connectivity index (χ1v) is 8.24. The second-order valence-electron chi connectivity index (χ2n) is 5.64. The smallest absolute Gasteiger partial charge is 0.335 e. The fourth-order valence-corrected chi connectivity index (χ4v) is 2.61. The number of hydrogen-bond acceptors (Lipinski definition) is 3. The van der Waals surface area contributed by atoms with Crippen LogP contribution in [0.5, 0.6) is 5.75 Å². The molecule has 0 amide bonds. The van der Waals surface area contributed by atoms with Gasteiger partial charge in [0.15, 0.2) is 0 Å². The lowest BCUT2D eigenvalue weighted by molar-refractivity contribution is 0.0696.